The van der Waals surface area contributed by atoms with Crippen molar-refractivity contribution in [2.75, 3.05) is 18.8 Å². The number of carbonyl (C=O) groups is 1. The first-order chi connectivity index (χ1) is 8.69. The summed E-state index contributed by atoms with van der Waals surface area (Å²) in [5, 5.41) is 1.69. The number of anilines is 1. The molecule has 4 heteroatoms. The fourth-order valence-electron chi connectivity index (χ4n) is 2.06. The highest BCUT2D eigenvalue weighted by Crippen LogP contribution is 2.23. The van der Waals surface area contributed by atoms with E-state index in [1.54, 1.807) is 11.1 Å². The van der Waals surface area contributed by atoms with Gasteiger partial charge in [0.1, 0.15) is 5.69 Å². The zero-order valence-electron chi connectivity index (χ0n) is 10.7. The van der Waals surface area contributed by atoms with E-state index in [2.05, 4.69) is 4.98 Å². The molecule has 1 aromatic carbocycles. The van der Waals surface area contributed by atoms with Crippen LogP contribution in [0.3, 0.4) is 0 Å². The number of benzene rings is 1. The molecule has 0 spiro atoms. The molecule has 1 amide bonds. The highest BCUT2D eigenvalue weighted by atomic mass is 16.2. The minimum absolute atomic E-state index is 0.0452. The predicted molar refractivity (Wildman–Crippen MR) is 73.4 cm³/mol. The number of carbonyl (C=O) groups excluding carboxylic acids is 1. The van der Waals surface area contributed by atoms with Crippen molar-refractivity contribution in [3.63, 3.8) is 0 Å². The van der Waals surface area contributed by atoms with E-state index in [0.717, 1.165) is 10.8 Å². The Hall–Kier alpha value is -2.10. The van der Waals surface area contributed by atoms with Gasteiger partial charge in [-0.15, -0.1) is 0 Å². The topological polar surface area (TPSA) is 59.2 Å². The van der Waals surface area contributed by atoms with Gasteiger partial charge in [-0.2, -0.15) is 0 Å². The number of nitrogens with zero attached hydrogens (tertiary/aromatic N) is 2. The molecule has 2 aromatic rings. The maximum atomic E-state index is 12.4. The third kappa shape index (κ3) is 2.01. The Labute approximate surface area is 106 Å². The van der Waals surface area contributed by atoms with E-state index in [4.69, 9.17) is 5.73 Å². The molecule has 0 radical (unpaired) electrons. The Morgan fingerprint density at radius 1 is 1.22 bits per heavy atom. The van der Waals surface area contributed by atoms with Gasteiger partial charge in [0.15, 0.2) is 0 Å². The fourth-order valence-corrected chi connectivity index (χ4v) is 2.06. The third-order valence-corrected chi connectivity index (χ3v) is 3.09. The number of amides is 1. The molecule has 18 heavy (non-hydrogen) atoms. The molecule has 0 saturated carbocycles. The summed E-state index contributed by atoms with van der Waals surface area (Å²) in [5.41, 5.74) is 7.06. The molecule has 2 N–H and O–H groups in total. The molecular formula is C14H17N3O. The van der Waals surface area contributed by atoms with Crippen LogP contribution in [-0.2, 0) is 0 Å². The van der Waals surface area contributed by atoms with Crippen LogP contribution in [0.15, 0.2) is 30.5 Å². The predicted octanol–water partition coefficient (Wildman–Crippen LogP) is 2.30. The van der Waals surface area contributed by atoms with Crippen LogP contribution in [0.1, 0.15) is 24.3 Å². The van der Waals surface area contributed by atoms with Crippen LogP contribution < -0.4 is 5.73 Å². The number of fused-ring (bicyclic) bond motifs is 1. The number of nitrogen functional groups attached to an aromatic ring is 1. The van der Waals surface area contributed by atoms with Crippen molar-refractivity contribution < 1.29 is 4.79 Å². The van der Waals surface area contributed by atoms with Gasteiger partial charge in [-0.1, -0.05) is 12.1 Å². The minimum atomic E-state index is -0.0452. The van der Waals surface area contributed by atoms with Crippen molar-refractivity contribution in [3.8, 4) is 0 Å². The molecule has 0 aliphatic rings. The second-order valence-electron chi connectivity index (χ2n) is 4.08. The Kier molecular flexibility index (Phi) is 3.46. The van der Waals surface area contributed by atoms with Gasteiger partial charge < -0.3 is 10.6 Å². The van der Waals surface area contributed by atoms with Gasteiger partial charge in [0.05, 0.1) is 0 Å². The van der Waals surface area contributed by atoms with E-state index in [1.165, 1.54) is 0 Å². The summed E-state index contributed by atoms with van der Waals surface area (Å²) in [6, 6.07) is 7.39. The lowest BCUT2D eigenvalue weighted by Crippen LogP contribution is -2.31. The minimum Gasteiger partial charge on any atom is -0.398 e. The number of pyridine rings is 1. The third-order valence-electron chi connectivity index (χ3n) is 3.09. The van der Waals surface area contributed by atoms with Gasteiger partial charge in [-0.3, -0.25) is 9.78 Å². The first kappa shape index (κ1) is 12.4. The summed E-state index contributed by atoms with van der Waals surface area (Å²) in [6.07, 6.45) is 1.63. The van der Waals surface area contributed by atoms with Gasteiger partial charge in [-0.25, -0.2) is 0 Å². The lowest BCUT2D eigenvalue weighted by atomic mass is 10.1. The molecular weight excluding hydrogens is 226 g/mol. The van der Waals surface area contributed by atoms with Crippen molar-refractivity contribution in [2.45, 2.75) is 13.8 Å². The summed E-state index contributed by atoms with van der Waals surface area (Å²) in [4.78, 5) is 18.3. The van der Waals surface area contributed by atoms with E-state index < -0.39 is 0 Å². The van der Waals surface area contributed by atoms with Gasteiger partial charge in [0, 0.05) is 35.7 Å². The maximum Gasteiger partial charge on any atom is 0.273 e. The average Bonchev–Trinajstić information content (AvgIpc) is 2.40. The van der Waals surface area contributed by atoms with Gasteiger partial charge >= 0.3 is 0 Å². The van der Waals surface area contributed by atoms with E-state index >= 15 is 0 Å². The van der Waals surface area contributed by atoms with Crippen LogP contribution >= 0.6 is 0 Å². The quantitative estimate of drug-likeness (QED) is 0.841. The Morgan fingerprint density at radius 2 is 1.94 bits per heavy atom. The van der Waals surface area contributed by atoms with Crippen molar-refractivity contribution >= 4 is 22.4 Å². The molecule has 4 nitrogen and oxygen atoms in total. The van der Waals surface area contributed by atoms with Gasteiger partial charge in [0.25, 0.3) is 5.91 Å². The Bertz CT molecular complexity index is 576. The SMILES string of the molecule is CCN(CC)C(=O)c1nccc2c(N)cccc12. The average molecular weight is 243 g/mol. The first-order valence-electron chi connectivity index (χ1n) is 6.11. The standard InChI is InChI=1S/C14H17N3O/c1-3-17(4-2)14(18)13-11-6-5-7-12(15)10(11)8-9-16-13/h5-9H,3-4,15H2,1-2H3. The fraction of sp³-hybridized carbons (Fsp3) is 0.286. The number of aromatic nitrogens is 1. The highest BCUT2D eigenvalue weighted by molar-refractivity contribution is 6.07. The second-order valence-corrected chi connectivity index (χ2v) is 4.08. The molecule has 0 unspecified atom stereocenters. The van der Waals surface area contributed by atoms with Crippen molar-refractivity contribution in [3.05, 3.63) is 36.2 Å². The van der Waals surface area contributed by atoms with E-state index in [1.807, 2.05) is 38.1 Å². The zero-order valence-corrected chi connectivity index (χ0v) is 10.7. The molecule has 0 bridgehead atoms. The molecule has 1 heterocycles. The number of hydrogen-bond acceptors (Lipinski definition) is 3. The summed E-state index contributed by atoms with van der Waals surface area (Å²) < 4.78 is 0. The smallest absolute Gasteiger partial charge is 0.273 e. The van der Waals surface area contributed by atoms with Crippen molar-refractivity contribution in [2.24, 2.45) is 0 Å². The largest absolute Gasteiger partial charge is 0.398 e. The van der Waals surface area contributed by atoms with Crippen LogP contribution in [0.5, 0.6) is 0 Å². The monoisotopic (exact) mass is 243 g/mol. The summed E-state index contributed by atoms with van der Waals surface area (Å²) in [7, 11) is 0. The summed E-state index contributed by atoms with van der Waals surface area (Å²) >= 11 is 0. The molecule has 0 atom stereocenters. The van der Waals surface area contributed by atoms with Gasteiger partial charge in [0.2, 0.25) is 0 Å². The summed E-state index contributed by atoms with van der Waals surface area (Å²) in [5.74, 6) is -0.0452. The van der Waals surface area contributed by atoms with Crippen LogP contribution in [0, 0.1) is 0 Å². The number of nitrogens with two attached hydrogens (primary N) is 1. The van der Waals surface area contributed by atoms with E-state index in [9.17, 15) is 4.79 Å². The van der Waals surface area contributed by atoms with Crippen LogP contribution in [0.4, 0.5) is 5.69 Å². The van der Waals surface area contributed by atoms with Crippen LogP contribution in [0.25, 0.3) is 10.8 Å². The van der Waals surface area contributed by atoms with Crippen LogP contribution in [0.2, 0.25) is 0 Å². The lowest BCUT2D eigenvalue weighted by Gasteiger charge is -2.19. The molecule has 0 aliphatic carbocycles. The molecule has 94 valence electrons. The first-order valence-corrected chi connectivity index (χ1v) is 6.11. The number of rotatable bonds is 3. The van der Waals surface area contributed by atoms with E-state index in [0.29, 0.717) is 24.5 Å². The lowest BCUT2D eigenvalue weighted by molar-refractivity contribution is 0.0769. The summed E-state index contributed by atoms with van der Waals surface area (Å²) in [6.45, 7) is 5.27. The van der Waals surface area contributed by atoms with Crippen molar-refractivity contribution in [1.82, 2.24) is 9.88 Å². The Balaban J connectivity index is 2.58. The molecule has 1 aromatic heterocycles. The molecule has 0 aliphatic heterocycles. The van der Waals surface area contributed by atoms with E-state index in [-0.39, 0.29) is 5.91 Å². The van der Waals surface area contributed by atoms with Crippen LogP contribution in [-0.4, -0.2) is 28.9 Å². The highest BCUT2D eigenvalue weighted by Gasteiger charge is 2.17. The zero-order chi connectivity index (χ0) is 13.1. The molecule has 0 fully saturated rings. The molecule has 2 rings (SSSR count). The normalized spacial score (nSPS) is 10.6. The van der Waals surface area contributed by atoms with Gasteiger partial charge in [-0.05, 0) is 26.0 Å². The Morgan fingerprint density at radius 3 is 2.61 bits per heavy atom. The molecule has 0 saturated heterocycles. The maximum absolute atomic E-state index is 12.4. The van der Waals surface area contributed by atoms with Crippen molar-refractivity contribution in [1.29, 1.82) is 0 Å². The number of hydrogen-bond donors (Lipinski definition) is 1. The second kappa shape index (κ2) is 5.04.